The highest BCUT2D eigenvalue weighted by Crippen LogP contribution is 2.41. The Balaban J connectivity index is 1.73. The summed E-state index contributed by atoms with van der Waals surface area (Å²) in [6.07, 6.45) is 9.05. The van der Waals surface area contributed by atoms with Gasteiger partial charge in [-0.2, -0.15) is 0 Å². The second kappa shape index (κ2) is 6.45. The molecule has 0 aliphatic heterocycles. The molecule has 158 valence electrons. The molecule has 0 N–H and O–H groups in total. The molecule has 0 saturated heterocycles. The van der Waals surface area contributed by atoms with Gasteiger partial charge in [0, 0.05) is 16.8 Å². The lowest BCUT2D eigenvalue weighted by Crippen LogP contribution is -2.29. The van der Waals surface area contributed by atoms with Crippen LogP contribution in [-0.2, 0) is 13.5 Å². The van der Waals surface area contributed by atoms with Gasteiger partial charge in [-0.15, -0.1) is 0 Å². The lowest BCUT2D eigenvalue weighted by atomic mass is 9.94. The van der Waals surface area contributed by atoms with E-state index in [9.17, 15) is 0 Å². The number of rotatable bonds is 2. The van der Waals surface area contributed by atoms with Crippen LogP contribution in [0, 0.1) is 19.8 Å². The molecule has 32 heavy (non-hydrogen) atoms. The van der Waals surface area contributed by atoms with Crippen LogP contribution in [0.2, 0.25) is 0 Å². The number of nitrogens with zero attached hydrogens (tertiary/aromatic N) is 2. The van der Waals surface area contributed by atoms with Crippen LogP contribution in [0.3, 0.4) is 0 Å². The van der Waals surface area contributed by atoms with Crippen molar-refractivity contribution in [3.8, 4) is 0 Å². The zero-order chi connectivity index (χ0) is 21.6. The Hall–Kier alpha value is -3.13. The first-order valence-electron chi connectivity index (χ1n) is 12.1. The third kappa shape index (κ3) is 2.38. The first-order valence-corrected chi connectivity index (χ1v) is 12.1. The molecule has 0 bridgehead atoms. The Morgan fingerprint density at radius 1 is 0.875 bits per heavy atom. The molecule has 1 aliphatic carbocycles. The molecule has 6 aromatic rings. The summed E-state index contributed by atoms with van der Waals surface area (Å²) >= 11 is 0. The summed E-state index contributed by atoms with van der Waals surface area (Å²) in [5, 5.41) is 6.89. The molecule has 1 saturated carbocycles. The highest BCUT2D eigenvalue weighted by molar-refractivity contribution is 6.25. The van der Waals surface area contributed by atoms with E-state index in [2.05, 4.69) is 84.6 Å². The average Bonchev–Trinajstić information content (AvgIpc) is 3.40. The van der Waals surface area contributed by atoms with Gasteiger partial charge in [0.2, 0.25) is 5.52 Å². The van der Waals surface area contributed by atoms with E-state index in [1.807, 2.05) is 0 Å². The number of aryl methyl sites for hydroxylation is 3. The number of pyridine rings is 2. The Morgan fingerprint density at radius 2 is 1.72 bits per heavy atom. The first kappa shape index (κ1) is 18.4. The molecule has 2 heteroatoms. The summed E-state index contributed by atoms with van der Waals surface area (Å²) < 4.78 is 4.90. The summed E-state index contributed by atoms with van der Waals surface area (Å²) in [6, 6.07) is 18.9. The Morgan fingerprint density at radius 3 is 2.56 bits per heavy atom. The summed E-state index contributed by atoms with van der Waals surface area (Å²) in [7, 11) is 2.20. The van der Waals surface area contributed by atoms with E-state index >= 15 is 0 Å². The van der Waals surface area contributed by atoms with Gasteiger partial charge in [0.15, 0.2) is 6.20 Å². The van der Waals surface area contributed by atoms with Gasteiger partial charge in [-0.05, 0) is 60.9 Å². The Labute approximate surface area is 188 Å². The van der Waals surface area contributed by atoms with Crippen molar-refractivity contribution in [1.82, 2.24) is 4.40 Å². The molecule has 2 nitrogen and oxygen atoms in total. The van der Waals surface area contributed by atoms with Crippen LogP contribution in [0.1, 0.15) is 42.4 Å². The zero-order valence-corrected chi connectivity index (χ0v) is 19.2. The van der Waals surface area contributed by atoms with E-state index < -0.39 is 0 Å². The monoisotopic (exact) mass is 417 g/mol. The molecule has 1 fully saturated rings. The van der Waals surface area contributed by atoms with Crippen LogP contribution < -0.4 is 4.57 Å². The predicted molar refractivity (Wildman–Crippen MR) is 135 cm³/mol. The molecule has 0 radical (unpaired) electrons. The predicted octanol–water partition coefficient (Wildman–Crippen LogP) is 7.16. The van der Waals surface area contributed by atoms with Crippen molar-refractivity contribution in [2.45, 2.75) is 46.0 Å². The molecule has 3 heterocycles. The Kier molecular flexibility index (Phi) is 3.72. The maximum absolute atomic E-state index is 2.57. The molecule has 0 unspecified atom stereocenters. The second-order valence-corrected chi connectivity index (χ2v) is 10.2. The third-order valence-corrected chi connectivity index (χ3v) is 8.04. The number of aromatic nitrogens is 2. The average molecular weight is 418 g/mol. The smallest absolute Gasteiger partial charge is 0.224 e. The maximum Gasteiger partial charge on any atom is 0.224 e. The van der Waals surface area contributed by atoms with Gasteiger partial charge in [-0.3, -0.25) is 0 Å². The van der Waals surface area contributed by atoms with E-state index in [4.69, 9.17) is 0 Å². The van der Waals surface area contributed by atoms with Crippen LogP contribution >= 0.6 is 0 Å². The topological polar surface area (TPSA) is 8.29 Å². The van der Waals surface area contributed by atoms with E-state index in [0.29, 0.717) is 0 Å². The van der Waals surface area contributed by atoms with Crippen molar-refractivity contribution in [3.63, 3.8) is 0 Å². The third-order valence-electron chi connectivity index (χ3n) is 8.04. The number of benzene rings is 3. The van der Waals surface area contributed by atoms with Gasteiger partial charge in [-0.25, -0.2) is 4.57 Å². The van der Waals surface area contributed by atoms with Crippen molar-refractivity contribution < 1.29 is 4.57 Å². The lowest BCUT2D eigenvalue weighted by molar-refractivity contribution is -0.643. The van der Waals surface area contributed by atoms with Crippen LogP contribution in [0.15, 0.2) is 54.7 Å². The van der Waals surface area contributed by atoms with E-state index in [1.54, 1.807) is 0 Å². The van der Waals surface area contributed by atoms with Crippen molar-refractivity contribution in [3.05, 3.63) is 71.4 Å². The van der Waals surface area contributed by atoms with Crippen molar-refractivity contribution in [1.29, 1.82) is 0 Å². The van der Waals surface area contributed by atoms with Gasteiger partial charge in [0.25, 0.3) is 0 Å². The van der Waals surface area contributed by atoms with Gasteiger partial charge < -0.3 is 4.40 Å². The zero-order valence-electron chi connectivity index (χ0n) is 19.2. The minimum Gasteiger partial charge on any atom is -0.307 e. The quantitative estimate of drug-likeness (QED) is 0.160. The molecule has 1 aliphatic rings. The minimum absolute atomic E-state index is 0.848. The fourth-order valence-corrected chi connectivity index (χ4v) is 6.56. The van der Waals surface area contributed by atoms with Crippen LogP contribution in [0.5, 0.6) is 0 Å². The molecule has 0 atom stereocenters. The van der Waals surface area contributed by atoms with Crippen molar-refractivity contribution in [2.24, 2.45) is 13.0 Å². The van der Waals surface area contributed by atoms with Crippen LogP contribution in [0.4, 0.5) is 0 Å². The molecule has 3 aromatic carbocycles. The highest BCUT2D eigenvalue weighted by atomic mass is 15.0. The second-order valence-electron chi connectivity index (χ2n) is 10.2. The van der Waals surface area contributed by atoms with Gasteiger partial charge in [0.1, 0.15) is 7.05 Å². The molecular formula is C30H29N2+. The lowest BCUT2D eigenvalue weighted by Gasteiger charge is -2.15. The molecule has 7 rings (SSSR count). The van der Waals surface area contributed by atoms with Crippen LogP contribution in [0.25, 0.3) is 49.0 Å². The summed E-state index contributed by atoms with van der Waals surface area (Å²) in [5.41, 5.74) is 9.59. The summed E-state index contributed by atoms with van der Waals surface area (Å²) in [4.78, 5) is 0. The van der Waals surface area contributed by atoms with E-state index in [1.165, 1.54) is 97.8 Å². The molecule has 0 amide bonds. The maximum atomic E-state index is 2.57. The van der Waals surface area contributed by atoms with Crippen molar-refractivity contribution in [2.75, 3.05) is 0 Å². The number of hydrogen-bond acceptors (Lipinski definition) is 0. The van der Waals surface area contributed by atoms with E-state index in [-0.39, 0.29) is 0 Å². The van der Waals surface area contributed by atoms with Gasteiger partial charge in [0.05, 0.1) is 27.3 Å². The van der Waals surface area contributed by atoms with E-state index in [0.717, 1.165) is 5.92 Å². The fourth-order valence-electron chi connectivity index (χ4n) is 6.56. The Bertz CT molecular complexity index is 1680. The largest absolute Gasteiger partial charge is 0.307 e. The van der Waals surface area contributed by atoms with Gasteiger partial charge in [-0.1, -0.05) is 55.5 Å². The number of fused-ring (bicyclic) bond motifs is 5. The number of hydrogen-bond donors (Lipinski definition) is 0. The highest BCUT2D eigenvalue weighted by Gasteiger charge is 2.25. The summed E-state index contributed by atoms with van der Waals surface area (Å²) in [6.45, 7) is 4.47. The molecule has 3 aromatic heterocycles. The van der Waals surface area contributed by atoms with Gasteiger partial charge >= 0.3 is 0 Å². The fraction of sp³-hybridized carbons (Fsp3) is 0.300. The first-order chi connectivity index (χ1) is 15.6. The van der Waals surface area contributed by atoms with Crippen molar-refractivity contribution >= 4 is 49.0 Å². The normalized spacial score (nSPS) is 15.5. The minimum atomic E-state index is 0.848. The SMILES string of the molecule is Cc1ccc2c(c1)c1ccc(C)c3c1n2c1cc(CC2CCCC2)cc2cc[n+](C)c3c21. The molecule has 0 spiro atoms. The standard InChI is InChI=1S/C30H29N2/c1-18-8-11-25-24(14-18)23-10-9-19(2)27-29(23)32(25)26-17-21(15-20-6-4-5-7-20)16-22-12-13-31(3)30(27)28(22)26/h8-14,16-17,20H,4-7,15H2,1-3H3/q+1. The molecular weight excluding hydrogens is 388 g/mol. The van der Waals surface area contributed by atoms with Crippen LogP contribution in [-0.4, -0.2) is 4.40 Å². The summed E-state index contributed by atoms with van der Waals surface area (Å²) in [5.74, 6) is 0.848.